The van der Waals surface area contributed by atoms with E-state index < -0.39 is 0 Å². The third-order valence-corrected chi connectivity index (χ3v) is 4.06. The molecular weight excluding hydrogens is 93.0 g/mol. The van der Waals surface area contributed by atoms with Crippen LogP contribution in [0.4, 0.5) is 0 Å². The molecule has 1 rings (SSSR count). The number of hydrogen-bond donors (Lipinski definition) is 0. The third kappa shape index (κ3) is 0.467. The minimum absolute atomic E-state index is 0.341. The first-order valence-electron chi connectivity index (χ1n) is 2.19. The van der Waals surface area contributed by atoms with Crippen LogP contribution >= 0.6 is 8.07 Å². The van der Waals surface area contributed by atoms with Gasteiger partial charge in [0, 0.05) is 5.78 Å². The summed E-state index contributed by atoms with van der Waals surface area (Å²) >= 11 is 0. The highest BCUT2D eigenvalue weighted by Crippen LogP contribution is 2.59. The van der Waals surface area contributed by atoms with Crippen molar-refractivity contribution < 1.29 is 0 Å². The van der Waals surface area contributed by atoms with Crippen LogP contribution in [0.1, 0.15) is 6.92 Å². The Morgan fingerprint density at radius 1 is 1.67 bits per heavy atom. The van der Waals surface area contributed by atoms with Crippen LogP contribution in [-0.2, 0) is 0 Å². The molecule has 36 valence electrons. The van der Waals surface area contributed by atoms with Crippen LogP contribution in [0.25, 0.3) is 0 Å². The highest BCUT2D eigenvalue weighted by molar-refractivity contribution is 7.61. The van der Waals surface area contributed by atoms with E-state index in [1.807, 2.05) is 0 Å². The standard InChI is InChI=1S/C4H10NP/c1-4-5(2)6(4)3/h4H,1-3H3. The summed E-state index contributed by atoms with van der Waals surface area (Å²) in [5.41, 5.74) is 0. The van der Waals surface area contributed by atoms with Crippen LogP contribution in [-0.4, -0.2) is 24.2 Å². The molecule has 6 heavy (non-hydrogen) atoms. The molecular formula is C4H10NP. The average molecular weight is 103 g/mol. The Kier molecular flexibility index (Phi) is 0.893. The second-order valence-electron chi connectivity index (χ2n) is 1.78. The summed E-state index contributed by atoms with van der Waals surface area (Å²) in [6.07, 6.45) is 0. The second-order valence-corrected chi connectivity index (χ2v) is 4.30. The first-order chi connectivity index (χ1) is 2.73. The molecule has 3 unspecified atom stereocenters. The molecule has 0 aliphatic carbocycles. The summed E-state index contributed by atoms with van der Waals surface area (Å²) < 4.78 is 2.40. The lowest BCUT2D eigenvalue weighted by Crippen LogP contribution is -1.83. The van der Waals surface area contributed by atoms with Gasteiger partial charge in [-0.2, -0.15) is 0 Å². The van der Waals surface area contributed by atoms with Gasteiger partial charge in [-0.1, -0.05) is 0 Å². The van der Waals surface area contributed by atoms with Crippen LogP contribution in [0.5, 0.6) is 0 Å². The zero-order valence-corrected chi connectivity index (χ0v) is 5.37. The molecule has 0 spiro atoms. The highest BCUT2D eigenvalue weighted by atomic mass is 31.1. The van der Waals surface area contributed by atoms with E-state index in [0.717, 1.165) is 5.78 Å². The Labute approximate surface area is 40.1 Å². The molecule has 1 fully saturated rings. The average Bonchev–Trinajstić information content (AvgIpc) is 1.94. The molecule has 0 aromatic rings. The predicted octanol–water partition coefficient (Wildman–Crippen LogP) is 1.30. The van der Waals surface area contributed by atoms with E-state index in [9.17, 15) is 0 Å². The summed E-state index contributed by atoms with van der Waals surface area (Å²) in [5.74, 6) is 0.917. The predicted molar refractivity (Wildman–Crippen MR) is 30.1 cm³/mol. The lowest BCUT2D eigenvalue weighted by molar-refractivity contribution is 0.674. The first-order valence-corrected chi connectivity index (χ1v) is 4.00. The SMILES string of the molecule is CC1N(C)P1C. The molecule has 1 aliphatic rings. The largest absolute Gasteiger partial charge is 0.276 e. The van der Waals surface area contributed by atoms with Crippen LogP contribution in [0.15, 0.2) is 0 Å². The van der Waals surface area contributed by atoms with Crippen molar-refractivity contribution in [3.05, 3.63) is 0 Å². The summed E-state index contributed by atoms with van der Waals surface area (Å²) in [4.78, 5) is 0. The minimum atomic E-state index is 0.341. The van der Waals surface area contributed by atoms with Gasteiger partial charge in [0.2, 0.25) is 0 Å². The quantitative estimate of drug-likeness (QED) is 0.330. The second kappa shape index (κ2) is 1.18. The topological polar surface area (TPSA) is 3.01 Å². The molecule has 0 N–H and O–H groups in total. The van der Waals surface area contributed by atoms with Crippen molar-refractivity contribution >= 4 is 8.07 Å². The summed E-state index contributed by atoms with van der Waals surface area (Å²) in [6.45, 7) is 4.58. The molecule has 0 radical (unpaired) electrons. The summed E-state index contributed by atoms with van der Waals surface area (Å²) in [5, 5.41) is 0. The van der Waals surface area contributed by atoms with E-state index in [1.54, 1.807) is 0 Å². The van der Waals surface area contributed by atoms with Gasteiger partial charge >= 0.3 is 0 Å². The van der Waals surface area contributed by atoms with Crippen molar-refractivity contribution in [2.24, 2.45) is 0 Å². The fourth-order valence-electron chi connectivity index (χ4n) is 0.516. The maximum Gasteiger partial charge on any atom is 0.0434 e. The molecule has 0 aromatic heterocycles. The van der Waals surface area contributed by atoms with E-state index in [1.165, 1.54) is 0 Å². The van der Waals surface area contributed by atoms with Gasteiger partial charge in [-0.05, 0) is 28.7 Å². The van der Waals surface area contributed by atoms with Crippen molar-refractivity contribution in [3.63, 3.8) is 0 Å². The molecule has 1 aliphatic heterocycles. The lowest BCUT2D eigenvalue weighted by Gasteiger charge is -1.76. The van der Waals surface area contributed by atoms with Gasteiger partial charge < -0.3 is 0 Å². The van der Waals surface area contributed by atoms with E-state index in [0.29, 0.717) is 8.07 Å². The van der Waals surface area contributed by atoms with Crippen LogP contribution < -0.4 is 0 Å². The fourth-order valence-corrected chi connectivity index (χ4v) is 1.86. The zero-order chi connectivity index (χ0) is 4.73. The Bertz CT molecular complexity index is 44.3. The number of rotatable bonds is 0. The molecule has 2 heteroatoms. The normalized spacial score (nSPS) is 55.5. The van der Waals surface area contributed by atoms with E-state index in [2.05, 4.69) is 25.3 Å². The van der Waals surface area contributed by atoms with Gasteiger partial charge in [-0.25, -0.2) is 0 Å². The molecule has 0 amide bonds. The zero-order valence-electron chi connectivity index (χ0n) is 4.47. The van der Waals surface area contributed by atoms with Crippen molar-refractivity contribution in [2.75, 3.05) is 13.7 Å². The van der Waals surface area contributed by atoms with Crippen molar-refractivity contribution in [3.8, 4) is 0 Å². The van der Waals surface area contributed by atoms with Gasteiger partial charge in [0.15, 0.2) is 0 Å². The molecule has 1 nitrogen and oxygen atoms in total. The van der Waals surface area contributed by atoms with Crippen LogP contribution in [0.2, 0.25) is 0 Å². The van der Waals surface area contributed by atoms with Crippen LogP contribution in [0, 0.1) is 0 Å². The van der Waals surface area contributed by atoms with Crippen molar-refractivity contribution in [1.82, 2.24) is 4.67 Å². The molecule has 3 atom stereocenters. The summed E-state index contributed by atoms with van der Waals surface area (Å²) in [6, 6.07) is 0. The molecule has 0 saturated carbocycles. The van der Waals surface area contributed by atoms with Gasteiger partial charge in [-0.3, -0.25) is 4.67 Å². The monoisotopic (exact) mass is 103 g/mol. The number of hydrogen-bond acceptors (Lipinski definition) is 1. The Balaban J connectivity index is 2.31. The van der Waals surface area contributed by atoms with Gasteiger partial charge in [0.05, 0.1) is 0 Å². The van der Waals surface area contributed by atoms with Crippen LogP contribution in [0.3, 0.4) is 0 Å². The molecule has 1 heterocycles. The minimum Gasteiger partial charge on any atom is -0.276 e. The van der Waals surface area contributed by atoms with E-state index >= 15 is 0 Å². The third-order valence-electron chi connectivity index (χ3n) is 1.52. The first kappa shape index (κ1) is 4.55. The van der Waals surface area contributed by atoms with E-state index in [4.69, 9.17) is 0 Å². The maximum absolute atomic E-state index is 2.40. The van der Waals surface area contributed by atoms with Gasteiger partial charge in [0.25, 0.3) is 0 Å². The highest BCUT2D eigenvalue weighted by Gasteiger charge is 2.35. The van der Waals surface area contributed by atoms with Crippen molar-refractivity contribution in [2.45, 2.75) is 12.7 Å². The maximum atomic E-state index is 2.40. The number of nitrogens with zero attached hydrogens (tertiary/aromatic N) is 1. The molecule has 1 saturated heterocycles. The smallest absolute Gasteiger partial charge is 0.0434 e. The molecule has 0 bridgehead atoms. The lowest BCUT2D eigenvalue weighted by atomic mass is 10.8. The fraction of sp³-hybridized carbons (Fsp3) is 1.00. The van der Waals surface area contributed by atoms with Crippen molar-refractivity contribution in [1.29, 1.82) is 0 Å². The Morgan fingerprint density at radius 3 is 1.83 bits per heavy atom. The van der Waals surface area contributed by atoms with E-state index in [-0.39, 0.29) is 0 Å². The van der Waals surface area contributed by atoms with Gasteiger partial charge in [0.1, 0.15) is 0 Å². The Hall–Kier alpha value is 0.390. The Morgan fingerprint density at radius 2 is 1.83 bits per heavy atom. The van der Waals surface area contributed by atoms with Gasteiger partial charge in [-0.15, -0.1) is 0 Å². The summed E-state index contributed by atoms with van der Waals surface area (Å²) in [7, 11) is 2.52. The molecule has 0 aromatic carbocycles.